The maximum atomic E-state index is 5.74. The monoisotopic (exact) mass is 268 g/mol. The Balaban J connectivity index is 1.99. The van der Waals surface area contributed by atoms with Gasteiger partial charge >= 0.3 is 0 Å². The van der Waals surface area contributed by atoms with Gasteiger partial charge in [0.25, 0.3) is 0 Å². The van der Waals surface area contributed by atoms with Crippen LogP contribution in [0, 0.1) is 6.92 Å². The normalized spacial score (nSPS) is 10.2. The Morgan fingerprint density at radius 1 is 1.10 bits per heavy atom. The zero-order valence-corrected chi connectivity index (χ0v) is 11.9. The number of unbranched alkanes of at least 4 members (excludes halogenated alkanes) is 2. The van der Waals surface area contributed by atoms with E-state index in [1.807, 2.05) is 37.3 Å². The topological polar surface area (TPSA) is 35.0 Å². The number of hydrogen-bond acceptors (Lipinski definition) is 3. The van der Waals surface area contributed by atoms with Crippen molar-refractivity contribution in [2.75, 3.05) is 6.61 Å². The number of hydrogen-bond donors (Lipinski definition) is 0. The van der Waals surface area contributed by atoms with Gasteiger partial charge < -0.3 is 4.74 Å². The van der Waals surface area contributed by atoms with Crippen molar-refractivity contribution in [2.24, 2.45) is 0 Å². The smallest absolute Gasteiger partial charge is 0.123 e. The SMILES string of the molecule is C=CCCCCOc1ccnc(-c2cc(C)ccn2)c1. The minimum atomic E-state index is 0.721. The molecule has 3 heteroatoms. The van der Waals surface area contributed by atoms with E-state index in [0.29, 0.717) is 0 Å². The van der Waals surface area contributed by atoms with E-state index in [-0.39, 0.29) is 0 Å². The zero-order valence-electron chi connectivity index (χ0n) is 11.9. The molecule has 0 N–H and O–H groups in total. The van der Waals surface area contributed by atoms with Crippen LogP contribution < -0.4 is 4.74 Å². The van der Waals surface area contributed by atoms with E-state index >= 15 is 0 Å². The van der Waals surface area contributed by atoms with Crippen molar-refractivity contribution >= 4 is 0 Å². The van der Waals surface area contributed by atoms with Gasteiger partial charge in [-0.05, 0) is 49.9 Å². The number of ether oxygens (including phenoxy) is 1. The molecule has 0 aromatic carbocycles. The third-order valence-corrected chi connectivity index (χ3v) is 2.98. The molecule has 0 aliphatic carbocycles. The van der Waals surface area contributed by atoms with Crippen LogP contribution in [0.4, 0.5) is 0 Å². The average Bonchev–Trinajstić information content (AvgIpc) is 2.47. The van der Waals surface area contributed by atoms with E-state index in [1.165, 1.54) is 5.56 Å². The van der Waals surface area contributed by atoms with E-state index in [1.54, 1.807) is 12.4 Å². The first-order chi connectivity index (χ1) is 9.79. The van der Waals surface area contributed by atoms with Crippen molar-refractivity contribution in [3.8, 4) is 17.1 Å². The zero-order chi connectivity index (χ0) is 14.2. The van der Waals surface area contributed by atoms with Crippen LogP contribution in [0.1, 0.15) is 24.8 Å². The molecule has 0 saturated carbocycles. The average molecular weight is 268 g/mol. The summed E-state index contributed by atoms with van der Waals surface area (Å²) in [6, 6.07) is 7.82. The summed E-state index contributed by atoms with van der Waals surface area (Å²) in [6.07, 6.45) is 8.69. The molecule has 0 aliphatic heterocycles. The largest absolute Gasteiger partial charge is 0.493 e. The van der Waals surface area contributed by atoms with Gasteiger partial charge in [-0.1, -0.05) is 6.08 Å². The van der Waals surface area contributed by atoms with Crippen molar-refractivity contribution in [1.82, 2.24) is 9.97 Å². The van der Waals surface area contributed by atoms with Gasteiger partial charge in [-0.25, -0.2) is 0 Å². The van der Waals surface area contributed by atoms with Crippen LogP contribution in [0.3, 0.4) is 0 Å². The third-order valence-electron chi connectivity index (χ3n) is 2.98. The fourth-order valence-electron chi connectivity index (χ4n) is 1.90. The molecule has 2 aromatic heterocycles. The summed E-state index contributed by atoms with van der Waals surface area (Å²) >= 11 is 0. The van der Waals surface area contributed by atoms with Gasteiger partial charge in [-0.3, -0.25) is 9.97 Å². The molecule has 0 fully saturated rings. The quantitative estimate of drug-likeness (QED) is 0.558. The van der Waals surface area contributed by atoms with Gasteiger partial charge in [0.1, 0.15) is 5.75 Å². The lowest BCUT2D eigenvalue weighted by Crippen LogP contribution is -1.98. The van der Waals surface area contributed by atoms with Gasteiger partial charge in [-0.15, -0.1) is 6.58 Å². The number of pyridine rings is 2. The molecule has 2 aromatic rings. The number of aryl methyl sites for hydroxylation is 1. The molecule has 0 saturated heterocycles. The second kappa shape index (κ2) is 7.43. The molecule has 2 heterocycles. The molecule has 0 spiro atoms. The van der Waals surface area contributed by atoms with Crippen LogP contribution in [-0.4, -0.2) is 16.6 Å². The van der Waals surface area contributed by atoms with Crippen LogP contribution in [-0.2, 0) is 0 Å². The summed E-state index contributed by atoms with van der Waals surface area (Å²) in [5.41, 5.74) is 2.90. The second-order valence-electron chi connectivity index (χ2n) is 4.73. The van der Waals surface area contributed by atoms with Crippen molar-refractivity contribution in [2.45, 2.75) is 26.2 Å². The minimum absolute atomic E-state index is 0.721. The van der Waals surface area contributed by atoms with Crippen molar-refractivity contribution in [3.05, 3.63) is 54.9 Å². The summed E-state index contributed by atoms with van der Waals surface area (Å²) in [5, 5.41) is 0. The lowest BCUT2D eigenvalue weighted by atomic mass is 10.2. The molecule has 104 valence electrons. The van der Waals surface area contributed by atoms with Crippen molar-refractivity contribution in [3.63, 3.8) is 0 Å². The van der Waals surface area contributed by atoms with Gasteiger partial charge in [0.2, 0.25) is 0 Å². The molecule has 0 atom stereocenters. The highest BCUT2D eigenvalue weighted by Crippen LogP contribution is 2.20. The van der Waals surface area contributed by atoms with Crippen molar-refractivity contribution < 1.29 is 4.74 Å². The first kappa shape index (κ1) is 14.3. The highest BCUT2D eigenvalue weighted by Gasteiger charge is 2.03. The highest BCUT2D eigenvalue weighted by atomic mass is 16.5. The molecule has 0 bridgehead atoms. The Morgan fingerprint density at radius 2 is 1.85 bits per heavy atom. The highest BCUT2D eigenvalue weighted by molar-refractivity contribution is 5.56. The Kier molecular flexibility index (Phi) is 5.30. The predicted octanol–water partition coefficient (Wildman–Crippen LogP) is 4.19. The lowest BCUT2D eigenvalue weighted by Gasteiger charge is -2.07. The molecule has 0 radical (unpaired) electrons. The van der Waals surface area contributed by atoms with Crippen molar-refractivity contribution in [1.29, 1.82) is 0 Å². The third kappa shape index (κ3) is 4.19. The van der Waals surface area contributed by atoms with E-state index in [4.69, 9.17) is 4.74 Å². The Hall–Kier alpha value is -2.16. The maximum absolute atomic E-state index is 5.74. The molecule has 20 heavy (non-hydrogen) atoms. The van der Waals surface area contributed by atoms with Crippen LogP contribution in [0.2, 0.25) is 0 Å². The van der Waals surface area contributed by atoms with Crippen LogP contribution in [0.25, 0.3) is 11.4 Å². The second-order valence-corrected chi connectivity index (χ2v) is 4.73. The molecular weight excluding hydrogens is 248 g/mol. The Labute approximate surface area is 120 Å². The summed E-state index contributed by atoms with van der Waals surface area (Å²) in [5.74, 6) is 0.844. The summed E-state index contributed by atoms with van der Waals surface area (Å²) in [4.78, 5) is 8.70. The number of allylic oxidation sites excluding steroid dienone is 1. The Bertz CT molecular complexity index is 566. The molecule has 0 aliphatic rings. The summed E-state index contributed by atoms with van der Waals surface area (Å²) < 4.78 is 5.74. The van der Waals surface area contributed by atoms with Crippen LogP contribution in [0.15, 0.2) is 49.3 Å². The van der Waals surface area contributed by atoms with Gasteiger partial charge in [0, 0.05) is 18.5 Å². The predicted molar refractivity (Wildman–Crippen MR) is 81.7 cm³/mol. The van der Waals surface area contributed by atoms with Crippen LogP contribution in [0.5, 0.6) is 5.75 Å². The molecule has 3 nitrogen and oxygen atoms in total. The van der Waals surface area contributed by atoms with Gasteiger partial charge in [0.05, 0.1) is 18.0 Å². The molecule has 0 unspecified atom stereocenters. The van der Waals surface area contributed by atoms with Gasteiger partial charge in [-0.2, -0.15) is 0 Å². The lowest BCUT2D eigenvalue weighted by molar-refractivity contribution is 0.307. The van der Waals surface area contributed by atoms with Crippen LogP contribution >= 0.6 is 0 Å². The fourth-order valence-corrected chi connectivity index (χ4v) is 1.90. The summed E-state index contributed by atoms with van der Waals surface area (Å²) in [6.45, 7) is 6.48. The molecule has 0 amide bonds. The van der Waals surface area contributed by atoms with E-state index < -0.39 is 0 Å². The van der Waals surface area contributed by atoms with E-state index in [0.717, 1.165) is 43.0 Å². The van der Waals surface area contributed by atoms with Gasteiger partial charge in [0.15, 0.2) is 0 Å². The standard InChI is InChI=1S/C17H20N2O/c1-3-4-5-6-11-20-15-8-10-19-17(13-15)16-12-14(2)7-9-18-16/h3,7-10,12-13H,1,4-6,11H2,2H3. The number of aromatic nitrogens is 2. The first-order valence-corrected chi connectivity index (χ1v) is 6.92. The van der Waals surface area contributed by atoms with E-state index in [9.17, 15) is 0 Å². The number of rotatable bonds is 7. The molecular formula is C17H20N2O. The molecule has 2 rings (SSSR count). The Morgan fingerprint density at radius 3 is 2.60 bits per heavy atom. The number of nitrogens with zero attached hydrogens (tertiary/aromatic N) is 2. The maximum Gasteiger partial charge on any atom is 0.123 e. The fraction of sp³-hybridized carbons (Fsp3) is 0.294. The van der Waals surface area contributed by atoms with E-state index in [2.05, 4.69) is 16.5 Å². The minimum Gasteiger partial charge on any atom is -0.493 e. The first-order valence-electron chi connectivity index (χ1n) is 6.92. The summed E-state index contributed by atoms with van der Waals surface area (Å²) in [7, 11) is 0.